The van der Waals surface area contributed by atoms with E-state index in [9.17, 15) is 18.0 Å². The minimum Gasteiger partial charge on any atom is -0.466 e. The summed E-state index contributed by atoms with van der Waals surface area (Å²) >= 11 is 0. The first-order valence-corrected chi connectivity index (χ1v) is 11.4. The third kappa shape index (κ3) is 6.17. The lowest BCUT2D eigenvalue weighted by molar-refractivity contribution is -0.119. The largest absolute Gasteiger partial charge is 0.466 e. The van der Waals surface area contributed by atoms with Gasteiger partial charge in [-0.25, -0.2) is 13.2 Å². The SMILES string of the molecule is Cc1cc(C(=O)OCC(=O)Nc2cccc(S(=O)(=O)NC3=NCCCCC3)c2)c(C)o1. The van der Waals surface area contributed by atoms with Gasteiger partial charge in [-0.15, -0.1) is 0 Å². The molecule has 2 aromatic rings. The van der Waals surface area contributed by atoms with Gasteiger partial charge in [0, 0.05) is 18.7 Å². The van der Waals surface area contributed by atoms with E-state index < -0.39 is 28.5 Å². The van der Waals surface area contributed by atoms with E-state index in [-0.39, 0.29) is 16.1 Å². The lowest BCUT2D eigenvalue weighted by Crippen LogP contribution is -2.30. The number of esters is 1. The molecule has 1 amide bonds. The zero-order valence-electron chi connectivity index (χ0n) is 17.4. The number of aryl methyl sites for hydroxylation is 2. The second-order valence-electron chi connectivity index (χ2n) is 7.22. The van der Waals surface area contributed by atoms with Crippen molar-refractivity contribution < 1.29 is 27.2 Å². The van der Waals surface area contributed by atoms with Crippen LogP contribution >= 0.6 is 0 Å². The Balaban J connectivity index is 1.60. The molecule has 9 nitrogen and oxygen atoms in total. The van der Waals surface area contributed by atoms with Gasteiger partial charge in [-0.3, -0.25) is 14.5 Å². The number of carbonyl (C=O) groups excluding carboxylic acids is 2. The van der Waals surface area contributed by atoms with Gasteiger partial charge < -0.3 is 14.5 Å². The highest BCUT2D eigenvalue weighted by atomic mass is 32.2. The highest BCUT2D eigenvalue weighted by Crippen LogP contribution is 2.17. The topological polar surface area (TPSA) is 127 Å². The molecule has 0 saturated carbocycles. The maximum atomic E-state index is 12.7. The molecule has 2 heterocycles. The standard InChI is InChI=1S/C21H25N3O6S/c1-14-11-18(15(2)30-14)21(26)29-13-20(25)23-16-7-6-8-17(12-16)31(27,28)24-19-9-4-3-5-10-22-19/h6-8,11-12H,3-5,9-10,13H2,1-2H3,(H,22,24)(H,23,25). The maximum Gasteiger partial charge on any atom is 0.342 e. The summed E-state index contributed by atoms with van der Waals surface area (Å²) in [7, 11) is -3.83. The van der Waals surface area contributed by atoms with E-state index in [0.717, 1.165) is 19.3 Å². The number of rotatable bonds is 6. The molecule has 0 saturated heterocycles. The number of benzene rings is 1. The van der Waals surface area contributed by atoms with Gasteiger partial charge in [-0.2, -0.15) is 0 Å². The average Bonchev–Trinajstić information content (AvgIpc) is 2.90. The van der Waals surface area contributed by atoms with Crippen LogP contribution in [0.1, 0.15) is 47.6 Å². The van der Waals surface area contributed by atoms with Crippen LogP contribution in [-0.2, 0) is 19.6 Å². The molecule has 1 aromatic heterocycles. The minimum absolute atomic E-state index is 0.00117. The fourth-order valence-electron chi connectivity index (χ4n) is 3.15. The first kappa shape index (κ1) is 22.5. The number of nitrogens with zero attached hydrogens (tertiary/aromatic N) is 1. The second-order valence-corrected chi connectivity index (χ2v) is 8.91. The van der Waals surface area contributed by atoms with Crippen molar-refractivity contribution in [3.63, 3.8) is 0 Å². The number of anilines is 1. The van der Waals surface area contributed by atoms with E-state index in [1.165, 1.54) is 24.3 Å². The van der Waals surface area contributed by atoms with Crippen LogP contribution < -0.4 is 10.0 Å². The van der Waals surface area contributed by atoms with Crippen molar-refractivity contribution in [3.05, 3.63) is 47.4 Å². The number of amidine groups is 1. The summed E-state index contributed by atoms with van der Waals surface area (Å²) in [5.74, 6) is 0.154. The number of sulfonamides is 1. The number of hydrogen-bond acceptors (Lipinski definition) is 7. The molecule has 0 spiro atoms. The monoisotopic (exact) mass is 447 g/mol. The molecule has 1 aliphatic rings. The van der Waals surface area contributed by atoms with Crippen LogP contribution in [0.3, 0.4) is 0 Å². The number of ether oxygens (including phenoxy) is 1. The predicted molar refractivity (Wildman–Crippen MR) is 115 cm³/mol. The summed E-state index contributed by atoms with van der Waals surface area (Å²) in [4.78, 5) is 28.5. The van der Waals surface area contributed by atoms with Crippen LogP contribution in [-0.4, -0.2) is 39.3 Å². The van der Waals surface area contributed by atoms with Crippen LogP contribution in [0.2, 0.25) is 0 Å². The predicted octanol–water partition coefficient (Wildman–Crippen LogP) is 2.94. The third-order valence-corrected chi connectivity index (χ3v) is 6.03. The number of nitrogens with one attached hydrogen (secondary N) is 2. The van der Waals surface area contributed by atoms with Gasteiger partial charge in [-0.1, -0.05) is 12.5 Å². The molecule has 0 aliphatic carbocycles. The molecule has 0 fully saturated rings. The van der Waals surface area contributed by atoms with Gasteiger partial charge in [0.05, 0.1) is 4.90 Å². The molecule has 0 unspecified atom stereocenters. The van der Waals surface area contributed by atoms with Crippen LogP contribution in [0, 0.1) is 13.8 Å². The number of furan rings is 1. The maximum absolute atomic E-state index is 12.7. The highest BCUT2D eigenvalue weighted by Gasteiger charge is 2.19. The van der Waals surface area contributed by atoms with Crippen LogP contribution in [0.25, 0.3) is 0 Å². The molecule has 10 heteroatoms. The first-order valence-electron chi connectivity index (χ1n) is 9.95. The molecule has 2 N–H and O–H groups in total. The fourth-order valence-corrected chi connectivity index (χ4v) is 4.29. The Kier molecular flexibility index (Phi) is 7.11. The normalized spacial score (nSPS) is 14.3. The van der Waals surface area contributed by atoms with E-state index >= 15 is 0 Å². The van der Waals surface area contributed by atoms with E-state index in [1.807, 2.05) is 0 Å². The summed E-state index contributed by atoms with van der Waals surface area (Å²) < 4.78 is 38.2. The van der Waals surface area contributed by atoms with Crippen molar-refractivity contribution in [1.82, 2.24) is 4.72 Å². The number of aliphatic imine (C=N–C) groups is 1. The van der Waals surface area contributed by atoms with Gasteiger partial charge in [0.25, 0.3) is 15.9 Å². The first-order chi connectivity index (χ1) is 14.7. The number of amides is 1. The van der Waals surface area contributed by atoms with Gasteiger partial charge in [0.1, 0.15) is 22.9 Å². The van der Waals surface area contributed by atoms with Gasteiger partial charge >= 0.3 is 5.97 Å². The summed E-state index contributed by atoms with van der Waals surface area (Å²) in [5.41, 5.74) is 0.521. The van der Waals surface area contributed by atoms with Crippen LogP contribution in [0.5, 0.6) is 0 Å². The van der Waals surface area contributed by atoms with Crippen molar-refractivity contribution in [2.75, 3.05) is 18.5 Å². The van der Waals surface area contributed by atoms with Crippen molar-refractivity contribution in [2.24, 2.45) is 4.99 Å². The molecule has 0 bridgehead atoms. The molecule has 1 aliphatic heterocycles. The molecule has 1 aromatic carbocycles. The Morgan fingerprint density at radius 3 is 2.71 bits per heavy atom. The smallest absolute Gasteiger partial charge is 0.342 e. The third-order valence-electron chi connectivity index (χ3n) is 4.65. The zero-order valence-corrected chi connectivity index (χ0v) is 18.3. The minimum atomic E-state index is -3.83. The summed E-state index contributed by atoms with van der Waals surface area (Å²) in [5, 5.41) is 2.53. The van der Waals surface area contributed by atoms with Gasteiger partial charge in [-0.05, 0) is 51.0 Å². The second kappa shape index (κ2) is 9.78. The molecular formula is C21H25N3O6S. The highest BCUT2D eigenvalue weighted by molar-refractivity contribution is 7.90. The molecule has 31 heavy (non-hydrogen) atoms. The van der Waals surface area contributed by atoms with E-state index in [4.69, 9.17) is 9.15 Å². The fraction of sp³-hybridized carbons (Fsp3) is 0.381. The Bertz CT molecular complexity index is 1100. The Labute approximate surface area is 180 Å². The average molecular weight is 448 g/mol. The Morgan fingerprint density at radius 1 is 1.16 bits per heavy atom. The van der Waals surface area contributed by atoms with Crippen molar-refractivity contribution >= 4 is 33.4 Å². The van der Waals surface area contributed by atoms with E-state index in [2.05, 4.69) is 15.0 Å². The quantitative estimate of drug-likeness (QED) is 0.656. The lowest BCUT2D eigenvalue weighted by Gasteiger charge is -2.11. The van der Waals surface area contributed by atoms with Crippen molar-refractivity contribution in [2.45, 2.75) is 44.4 Å². The van der Waals surface area contributed by atoms with E-state index in [0.29, 0.717) is 30.3 Å². The summed E-state index contributed by atoms with van der Waals surface area (Å²) in [6.45, 7) is 3.41. The number of carbonyl (C=O) groups is 2. The van der Waals surface area contributed by atoms with Crippen LogP contribution in [0.4, 0.5) is 5.69 Å². The summed E-state index contributed by atoms with van der Waals surface area (Å²) in [6, 6.07) is 7.37. The zero-order chi connectivity index (χ0) is 22.4. The summed E-state index contributed by atoms with van der Waals surface area (Å²) in [6.07, 6.45) is 3.42. The van der Waals surface area contributed by atoms with Gasteiger partial charge in [0.15, 0.2) is 6.61 Å². The molecule has 3 rings (SSSR count). The van der Waals surface area contributed by atoms with Gasteiger partial charge in [0.2, 0.25) is 0 Å². The van der Waals surface area contributed by atoms with E-state index in [1.54, 1.807) is 19.9 Å². The molecular weight excluding hydrogens is 422 g/mol. The van der Waals surface area contributed by atoms with Crippen molar-refractivity contribution in [1.29, 1.82) is 0 Å². The molecule has 0 radical (unpaired) electrons. The lowest BCUT2D eigenvalue weighted by atomic mass is 10.2. The Hall–Kier alpha value is -3.14. The van der Waals surface area contributed by atoms with Crippen LogP contribution in [0.15, 0.2) is 44.6 Å². The molecule has 0 atom stereocenters. The van der Waals surface area contributed by atoms with Crippen molar-refractivity contribution in [3.8, 4) is 0 Å². The Morgan fingerprint density at radius 2 is 1.97 bits per heavy atom. The molecule has 166 valence electrons. The number of hydrogen-bond donors (Lipinski definition) is 2.